The van der Waals surface area contributed by atoms with Crippen LogP contribution in [0.3, 0.4) is 0 Å². The van der Waals surface area contributed by atoms with Crippen LogP contribution in [-0.4, -0.2) is 35.3 Å². The second kappa shape index (κ2) is 7.13. The largest absolute Gasteiger partial charge is 0.342 e. The molecule has 0 aromatic rings. The monoisotopic (exact) mass is 305 g/mol. The van der Waals surface area contributed by atoms with Crippen molar-refractivity contribution in [2.45, 2.75) is 64.3 Å². The Morgan fingerprint density at radius 3 is 2.27 bits per heavy atom. The number of nitriles is 1. The van der Waals surface area contributed by atoms with Crippen LogP contribution >= 0.6 is 0 Å². The smallest absolute Gasteiger partial charge is 0.225 e. The zero-order chi connectivity index (χ0) is 16.2. The summed E-state index contributed by atoms with van der Waals surface area (Å²) >= 11 is 0. The number of amides is 2. The molecule has 0 unspecified atom stereocenters. The first-order valence-corrected chi connectivity index (χ1v) is 8.49. The SMILES string of the molecule is CC(C)C(=O)N1CCC(C(=O)NC2(C#N)CCCCC2)CC1. The van der Waals surface area contributed by atoms with Crippen LogP contribution in [0.2, 0.25) is 0 Å². The van der Waals surface area contributed by atoms with Crippen LogP contribution in [0.5, 0.6) is 0 Å². The van der Waals surface area contributed by atoms with Gasteiger partial charge in [0.25, 0.3) is 0 Å². The molecule has 22 heavy (non-hydrogen) atoms. The summed E-state index contributed by atoms with van der Waals surface area (Å²) in [5.41, 5.74) is -0.653. The summed E-state index contributed by atoms with van der Waals surface area (Å²) < 4.78 is 0. The Hall–Kier alpha value is -1.57. The summed E-state index contributed by atoms with van der Waals surface area (Å²) in [4.78, 5) is 26.3. The van der Waals surface area contributed by atoms with Crippen molar-refractivity contribution in [2.75, 3.05) is 13.1 Å². The van der Waals surface area contributed by atoms with Gasteiger partial charge in [0.1, 0.15) is 5.54 Å². The van der Waals surface area contributed by atoms with Crippen molar-refractivity contribution in [3.8, 4) is 6.07 Å². The molecule has 122 valence electrons. The third-order valence-corrected chi connectivity index (χ3v) is 4.95. The van der Waals surface area contributed by atoms with Crippen molar-refractivity contribution in [1.29, 1.82) is 5.26 Å². The molecule has 1 saturated carbocycles. The topological polar surface area (TPSA) is 73.2 Å². The third-order valence-electron chi connectivity index (χ3n) is 4.95. The molecular formula is C17H27N3O2. The fourth-order valence-corrected chi connectivity index (χ4v) is 3.49. The van der Waals surface area contributed by atoms with Gasteiger partial charge in [-0.1, -0.05) is 33.1 Å². The molecule has 0 radical (unpaired) electrons. The van der Waals surface area contributed by atoms with E-state index in [1.807, 2.05) is 18.7 Å². The van der Waals surface area contributed by atoms with Crippen LogP contribution in [0.25, 0.3) is 0 Å². The Balaban J connectivity index is 1.87. The first-order valence-electron chi connectivity index (χ1n) is 8.49. The van der Waals surface area contributed by atoms with Gasteiger partial charge in [0, 0.05) is 24.9 Å². The number of nitrogens with zero attached hydrogens (tertiary/aromatic N) is 2. The molecule has 0 bridgehead atoms. The molecule has 0 spiro atoms. The fraction of sp³-hybridized carbons (Fsp3) is 0.824. The van der Waals surface area contributed by atoms with Crippen molar-refractivity contribution >= 4 is 11.8 Å². The lowest BCUT2D eigenvalue weighted by atomic mass is 9.82. The maximum atomic E-state index is 12.5. The molecule has 1 aliphatic heterocycles. The molecule has 2 amide bonds. The lowest BCUT2D eigenvalue weighted by Crippen LogP contribution is -2.52. The van der Waals surface area contributed by atoms with Gasteiger partial charge < -0.3 is 10.2 Å². The lowest BCUT2D eigenvalue weighted by molar-refractivity contribution is -0.138. The summed E-state index contributed by atoms with van der Waals surface area (Å²) in [6.45, 7) is 5.10. The first-order chi connectivity index (χ1) is 10.5. The van der Waals surface area contributed by atoms with Gasteiger partial charge in [0.05, 0.1) is 6.07 Å². The van der Waals surface area contributed by atoms with E-state index in [2.05, 4.69) is 11.4 Å². The predicted octanol–water partition coefficient (Wildman–Crippen LogP) is 2.22. The van der Waals surface area contributed by atoms with Crippen LogP contribution in [0.1, 0.15) is 58.8 Å². The van der Waals surface area contributed by atoms with Crippen LogP contribution in [-0.2, 0) is 9.59 Å². The van der Waals surface area contributed by atoms with Gasteiger partial charge in [0.15, 0.2) is 0 Å². The molecule has 1 heterocycles. The minimum atomic E-state index is -0.653. The number of likely N-dealkylation sites (tertiary alicyclic amines) is 1. The molecule has 0 atom stereocenters. The van der Waals surface area contributed by atoms with E-state index in [4.69, 9.17) is 0 Å². The van der Waals surface area contributed by atoms with Gasteiger partial charge in [-0.25, -0.2) is 0 Å². The standard InChI is InChI=1S/C17H27N3O2/c1-13(2)16(22)20-10-6-14(7-11-20)15(21)19-17(12-18)8-4-3-5-9-17/h13-14H,3-11H2,1-2H3,(H,19,21). The van der Waals surface area contributed by atoms with E-state index in [9.17, 15) is 14.9 Å². The second-order valence-electron chi connectivity index (χ2n) is 7.00. The molecule has 2 aliphatic rings. The van der Waals surface area contributed by atoms with Crippen LogP contribution in [0.4, 0.5) is 0 Å². The molecule has 1 N–H and O–H groups in total. The van der Waals surface area contributed by atoms with E-state index in [-0.39, 0.29) is 23.7 Å². The number of hydrogen-bond donors (Lipinski definition) is 1. The van der Waals surface area contributed by atoms with Crippen LogP contribution in [0.15, 0.2) is 0 Å². The molecule has 5 heteroatoms. The zero-order valence-corrected chi connectivity index (χ0v) is 13.7. The molecule has 1 aliphatic carbocycles. The summed E-state index contributed by atoms with van der Waals surface area (Å²) in [7, 11) is 0. The summed E-state index contributed by atoms with van der Waals surface area (Å²) in [5, 5.41) is 12.5. The maximum absolute atomic E-state index is 12.5. The highest BCUT2D eigenvalue weighted by Crippen LogP contribution is 2.29. The number of hydrogen-bond acceptors (Lipinski definition) is 3. The Morgan fingerprint density at radius 2 is 1.77 bits per heavy atom. The molecule has 5 nitrogen and oxygen atoms in total. The summed E-state index contributed by atoms with van der Waals surface area (Å²) in [6, 6.07) is 2.33. The Morgan fingerprint density at radius 1 is 1.18 bits per heavy atom. The number of rotatable bonds is 3. The number of nitrogens with one attached hydrogen (secondary N) is 1. The summed E-state index contributed by atoms with van der Waals surface area (Å²) in [6.07, 6.45) is 6.09. The minimum Gasteiger partial charge on any atom is -0.342 e. The molecular weight excluding hydrogens is 278 g/mol. The van der Waals surface area contributed by atoms with Gasteiger partial charge in [0.2, 0.25) is 11.8 Å². The predicted molar refractivity (Wildman–Crippen MR) is 83.7 cm³/mol. The lowest BCUT2D eigenvalue weighted by Gasteiger charge is -2.36. The summed E-state index contributed by atoms with van der Waals surface area (Å²) in [5.74, 6) is 0.109. The van der Waals surface area contributed by atoms with Crippen molar-refractivity contribution < 1.29 is 9.59 Å². The van der Waals surface area contributed by atoms with Crippen LogP contribution < -0.4 is 5.32 Å². The third kappa shape index (κ3) is 3.79. The number of carbonyl (C=O) groups excluding carboxylic acids is 2. The normalized spacial score (nSPS) is 22.2. The van der Waals surface area contributed by atoms with Crippen molar-refractivity contribution in [1.82, 2.24) is 10.2 Å². The molecule has 0 aromatic carbocycles. The van der Waals surface area contributed by atoms with Crippen LogP contribution in [0, 0.1) is 23.2 Å². The van der Waals surface area contributed by atoms with Gasteiger partial charge in [-0.2, -0.15) is 5.26 Å². The van der Waals surface area contributed by atoms with Crippen molar-refractivity contribution in [3.63, 3.8) is 0 Å². The highest BCUT2D eigenvalue weighted by molar-refractivity contribution is 5.81. The molecule has 2 fully saturated rings. The van der Waals surface area contributed by atoms with Gasteiger partial charge in [-0.15, -0.1) is 0 Å². The van der Waals surface area contributed by atoms with Gasteiger partial charge >= 0.3 is 0 Å². The van der Waals surface area contributed by atoms with E-state index >= 15 is 0 Å². The second-order valence-corrected chi connectivity index (χ2v) is 7.00. The average Bonchev–Trinajstić information content (AvgIpc) is 2.55. The van der Waals surface area contributed by atoms with E-state index in [1.165, 1.54) is 0 Å². The van der Waals surface area contributed by atoms with E-state index in [1.54, 1.807) is 0 Å². The quantitative estimate of drug-likeness (QED) is 0.869. The van der Waals surface area contributed by atoms with Crippen molar-refractivity contribution in [3.05, 3.63) is 0 Å². The average molecular weight is 305 g/mol. The number of carbonyl (C=O) groups is 2. The Bertz CT molecular complexity index is 453. The fourth-order valence-electron chi connectivity index (χ4n) is 3.49. The maximum Gasteiger partial charge on any atom is 0.225 e. The van der Waals surface area contributed by atoms with Crippen molar-refractivity contribution in [2.24, 2.45) is 11.8 Å². The Labute approximate surface area is 133 Å². The van der Waals surface area contributed by atoms with E-state index < -0.39 is 5.54 Å². The van der Waals surface area contributed by atoms with Gasteiger partial charge in [-0.3, -0.25) is 9.59 Å². The van der Waals surface area contributed by atoms with E-state index in [0.717, 1.165) is 32.1 Å². The molecule has 2 rings (SSSR count). The minimum absolute atomic E-state index is 0.0000888. The highest BCUT2D eigenvalue weighted by atomic mass is 16.2. The Kier molecular flexibility index (Phi) is 5.44. The molecule has 0 aromatic heterocycles. The van der Waals surface area contributed by atoms with E-state index in [0.29, 0.717) is 25.9 Å². The highest BCUT2D eigenvalue weighted by Gasteiger charge is 2.36. The first kappa shape index (κ1) is 16.8. The number of piperidine rings is 1. The zero-order valence-electron chi connectivity index (χ0n) is 13.7. The van der Waals surface area contributed by atoms with Gasteiger partial charge in [-0.05, 0) is 25.7 Å². The molecule has 1 saturated heterocycles.